The number of esters is 1. The van der Waals surface area contributed by atoms with Gasteiger partial charge in [-0.1, -0.05) is 45.8 Å². The Morgan fingerprint density at radius 2 is 1.88 bits per heavy atom. The van der Waals surface area contributed by atoms with Crippen molar-refractivity contribution in [3.63, 3.8) is 0 Å². The van der Waals surface area contributed by atoms with Crippen molar-refractivity contribution in [1.82, 2.24) is 4.72 Å². The zero-order valence-electron chi connectivity index (χ0n) is 14.5. The molecule has 0 amide bonds. The van der Waals surface area contributed by atoms with Crippen molar-refractivity contribution in [2.24, 2.45) is 0 Å². The van der Waals surface area contributed by atoms with Gasteiger partial charge in [-0.3, -0.25) is 0 Å². The molecule has 138 valence electrons. The molecule has 2 aromatic rings. The molecule has 0 unspecified atom stereocenters. The fourth-order valence-corrected chi connectivity index (χ4v) is 3.60. The van der Waals surface area contributed by atoms with Gasteiger partial charge in [0.1, 0.15) is 0 Å². The molecule has 5 nitrogen and oxygen atoms in total. The first kappa shape index (κ1) is 20.4. The maximum absolute atomic E-state index is 12.4. The highest BCUT2D eigenvalue weighted by atomic mass is 79.9. The summed E-state index contributed by atoms with van der Waals surface area (Å²) in [6.45, 7) is 3.62. The molecule has 2 aromatic carbocycles. The van der Waals surface area contributed by atoms with Gasteiger partial charge >= 0.3 is 5.97 Å². The Bertz CT molecular complexity index is 905. The van der Waals surface area contributed by atoms with Gasteiger partial charge in [0, 0.05) is 11.0 Å². The first-order chi connectivity index (χ1) is 12.3. The summed E-state index contributed by atoms with van der Waals surface area (Å²) < 4.78 is 33.2. The van der Waals surface area contributed by atoms with Crippen LogP contribution >= 0.6 is 15.9 Å². The standard InChI is InChI=1S/C19H20BrNO4S/c1-3-25-19(22)16(11-15-5-4-6-17(20)12-15)13-21-26(23,24)18-9-7-14(2)8-10-18/h4-12,21H,3,13H2,1-2H3/b16-11-. The molecule has 0 spiro atoms. The van der Waals surface area contributed by atoms with Crippen LogP contribution < -0.4 is 4.72 Å². The average Bonchev–Trinajstić information content (AvgIpc) is 2.59. The van der Waals surface area contributed by atoms with Gasteiger partial charge in [-0.15, -0.1) is 0 Å². The summed E-state index contributed by atoms with van der Waals surface area (Å²) in [6.07, 6.45) is 1.61. The minimum absolute atomic E-state index is 0.147. The fraction of sp³-hybridized carbons (Fsp3) is 0.211. The molecule has 0 heterocycles. The Kier molecular flexibility index (Phi) is 7.14. The van der Waals surface area contributed by atoms with E-state index in [0.717, 1.165) is 15.6 Å². The molecule has 0 aliphatic heterocycles. The molecule has 0 radical (unpaired) electrons. The summed E-state index contributed by atoms with van der Waals surface area (Å²) in [7, 11) is -3.73. The summed E-state index contributed by atoms with van der Waals surface area (Å²) in [5, 5.41) is 0. The van der Waals surface area contributed by atoms with Crippen LogP contribution in [0.1, 0.15) is 18.1 Å². The molecule has 0 atom stereocenters. The quantitative estimate of drug-likeness (QED) is 0.529. The highest BCUT2D eigenvalue weighted by molar-refractivity contribution is 9.10. The lowest BCUT2D eigenvalue weighted by molar-refractivity contribution is -0.138. The number of carbonyl (C=O) groups is 1. The van der Waals surface area contributed by atoms with Crippen LogP contribution in [0.15, 0.2) is 63.5 Å². The zero-order chi connectivity index (χ0) is 19.2. The van der Waals surface area contributed by atoms with E-state index in [2.05, 4.69) is 20.7 Å². The van der Waals surface area contributed by atoms with Gasteiger partial charge in [-0.05, 0) is 49.8 Å². The highest BCUT2D eigenvalue weighted by Crippen LogP contribution is 2.16. The number of ether oxygens (including phenoxy) is 1. The van der Waals surface area contributed by atoms with Crippen LogP contribution in [0, 0.1) is 6.92 Å². The van der Waals surface area contributed by atoms with E-state index in [-0.39, 0.29) is 23.6 Å². The molecule has 0 bridgehead atoms. The minimum atomic E-state index is -3.73. The van der Waals surface area contributed by atoms with Crippen LogP contribution in [0.3, 0.4) is 0 Å². The molecule has 0 saturated carbocycles. The Hall–Kier alpha value is -1.96. The topological polar surface area (TPSA) is 72.5 Å². The Morgan fingerprint density at radius 3 is 2.50 bits per heavy atom. The van der Waals surface area contributed by atoms with Crippen LogP contribution in [0.2, 0.25) is 0 Å². The first-order valence-corrected chi connectivity index (χ1v) is 10.3. The summed E-state index contributed by atoms with van der Waals surface area (Å²) in [4.78, 5) is 12.3. The molecule has 7 heteroatoms. The SMILES string of the molecule is CCOC(=O)/C(=C\c1cccc(Br)c1)CNS(=O)(=O)c1ccc(C)cc1. The molecule has 0 saturated heterocycles. The lowest BCUT2D eigenvalue weighted by atomic mass is 10.1. The second kappa shape index (κ2) is 9.12. The molecule has 0 aliphatic rings. The highest BCUT2D eigenvalue weighted by Gasteiger charge is 2.17. The van der Waals surface area contributed by atoms with E-state index in [1.54, 1.807) is 25.1 Å². The van der Waals surface area contributed by atoms with E-state index in [4.69, 9.17) is 4.74 Å². The number of sulfonamides is 1. The molecule has 26 heavy (non-hydrogen) atoms. The van der Waals surface area contributed by atoms with E-state index >= 15 is 0 Å². The largest absolute Gasteiger partial charge is 0.463 e. The smallest absolute Gasteiger partial charge is 0.335 e. The predicted molar refractivity (Wildman–Crippen MR) is 105 cm³/mol. The van der Waals surface area contributed by atoms with E-state index in [9.17, 15) is 13.2 Å². The number of nitrogens with one attached hydrogen (secondary N) is 1. The van der Waals surface area contributed by atoms with Crippen LogP contribution in [0.25, 0.3) is 6.08 Å². The Morgan fingerprint density at radius 1 is 1.19 bits per heavy atom. The van der Waals surface area contributed by atoms with Crippen molar-refractivity contribution in [1.29, 1.82) is 0 Å². The van der Waals surface area contributed by atoms with Gasteiger partial charge in [0.25, 0.3) is 0 Å². The number of aryl methyl sites for hydroxylation is 1. The molecule has 0 fully saturated rings. The number of halogens is 1. The molecule has 1 N–H and O–H groups in total. The Balaban J connectivity index is 2.24. The lowest BCUT2D eigenvalue weighted by Crippen LogP contribution is -2.28. The van der Waals surface area contributed by atoms with E-state index in [1.165, 1.54) is 12.1 Å². The van der Waals surface area contributed by atoms with E-state index in [1.807, 2.05) is 31.2 Å². The van der Waals surface area contributed by atoms with Crippen LogP contribution in [-0.2, 0) is 19.6 Å². The summed E-state index contributed by atoms with van der Waals surface area (Å²) in [5.74, 6) is -0.556. The van der Waals surface area contributed by atoms with Crippen molar-refractivity contribution in [2.45, 2.75) is 18.7 Å². The molecular formula is C19H20BrNO4S. The van der Waals surface area contributed by atoms with Gasteiger partial charge in [0.15, 0.2) is 0 Å². The second-order valence-electron chi connectivity index (χ2n) is 5.58. The van der Waals surface area contributed by atoms with Gasteiger partial charge < -0.3 is 4.74 Å². The summed E-state index contributed by atoms with van der Waals surface area (Å²) >= 11 is 3.37. The van der Waals surface area contributed by atoms with Crippen LogP contribution in [0.5, 0.6) is 0 Å². The van der Waals surface area contributed by atoms with E-state index in [0.29, 0.717) is 0 Å². The van der Waals surface area contributed by atoms with Crippen LogP contribution in [-0.4, -0.2) is 27.5 Å². The summed E-state index contributed by atoms with van der Waals surface area (Å²) in [6, 6.07) is 13.8. The predicted octanol–water partition coefficient (Wildman–Crippen LogP) is 3.68. The number of rotatable bonds is 7. The summed E-state index contributed by atoms with van der Waals surface area (Å²) in [5.41, 5.74) is 1.95. The number of hydrogen-bond acceptors (Lipinski definition) is 4. The van der Waals surface area contributed by atoms with Gasteiger partial charge in [0.05, 0.1) is 17.1 Å². The number of hydrogen-bond donors (Lipinski definition) is 1. The molecule has 0 aromatic heterocycles. The van der Waals surface area contributed by atoms with Gasteiger partial charge in [0.2, 0.25) is 10.0 Å². The van der Waals surface area contributed by atoms with E-state index < -0.39 is 16.0 Å². The monoisotopic (exact) mass is 437 g/mol. The maximum Gasteiger partial charge on any atom is 0.335 e. The van der Waals surface area contributed by atoms with Crippen molar-refractivity contribution in [2.75, 3.05) is 13.2 Å². The van der Waals surface area contributed by atoms with Crippen molar-refractivity contribution in [3.8, 4) is 0 Å². The van der Waals surface area contributed by atoms with Crippen molar-refractivity contribution < 1.29 is 17.9 Å². The average molecular weight is 438 g/mol. The third kappa shape index (κ3) is 5.79. The second-order valence-corrected chi connectivity index (χ2v) is 8.27. The zero-order valence-corrected chi connectivity index (χ0v) is 16.9. The lowest BCUT2D eigenvalue weighted by Gasteiger charge is -2.10. The maximum atomic E-state index is 12.4. The third-order valence-electron chi connectivity index (χ3n) is 3.51. The number of carbonyl (C=O) groups excluding carboxylic acids is 1. The van der Waals surface area contributed by atoms with Gasteiger partial charge in [-0.25, -0.2) is 17.9 Å². The third-order valence-corrected chi connectivity index (χ3v) is 5.42. The minimum Gasteiger partial charge on any atom is -0.463 e. The fourth-order valence-electron chi connectivity index (χ4n) is 2.18. The molecular weight excluding hydrogens is 418 g/mol. The molecule has 0 aliphatic carbocycles. The Labute approximate surface area is 162 Å². The van der Waals surface area contributed by atoms with Crippen molar-refractivity contribution >= 4 is 38.0 Å². The van der Waals surface area contributed by atoms with Gasteiger partial charge in [-0.2, -0.15) is 0 Å². The van der Waals surface area contributed by atoms with Crippen molar-refractivity contribution in [3.05, 3.63) is 69.7 Å². The first-order valence-electron chi connectivity index (χ1n) is 8.01. The normalized spacial score (nSPS) is 12.0. The van der Waals surface area contributed by atoms with Crippen LogP contribution in [0.4, 0.5) is 0 Å². The molecule has 2 rings (SSSR count). The number of benzene rings is 2.